The summed E-state index contributed by atoms with van der Waals surface area (Å²) in [4.78, 5) is 45.1. The molecule has 1 atom stereocenters. The number of nitrogens with one attached hydrogen (secondary N) is 2. The second-order valence-electron chi connectivity index (χ2n) is 10.0. The number of unbranched alkanes of at least 4 members (excludes halogenated alkanes) is 1. The van der Waals surface area contributed by atoms with Gasteiger partial charge in [-0.15, -0.1) is 0 Å². The summed E-state index contributed by atoms with van der Waals surface area (Å²) in [6.45, 7) is 11.2. The Kier molecular flexibility index (Phi) is 10.6. The van der Waals surface area contributed by atoms with Crippen molar-refractivity contribution >= 4 is 17.8 Å². The van der Waals surface area contributed by atoms with Crippen LogP contribution in [0.4, 0.5) is 4.79 Å². The number of piperidine rings is 1. The summed E-state index contributed by atoms with van der Waals surface area (Å²) < 4.78 is 0. The molecule has 8 heteroatoms. The van der Waals surface area contributed by atoms with Gasteiger partial charge < -0.3 is 25.3 Å². The molecule has 1 spiro atoms. The van der Waals surface area contributed by atoms with Gasteiger partial charge in [0.05, 0.1) is 0 Å². The number of amides is 4. The molecule has 1 aromatic carbocycles. The molecule has 0 aliphatic carbocycles. The molecular formula is C28H45N5O3. The summed E-state index contributed by atoms with van der Waals surface area (Å²) in [6, 6.07) is 9.97. The molecule has 2 N–H and O–H groups in total. The fourth-order valence-corrected chi connectivity index (χ4v) is 5.49. The minimum absolute atomic E-state index is 0.0121. The zero-order valence-electron chi connectivity index (χ0n) is 22.4. The molecule has 2 aliphatic rings. The number of hydrogen-bond acceptors (Lipinski definition) is 4. The van der Waals surface area contributed by atoms with E-state index >= 15 is 0 Å². The number of carbonyl (C=O) groups is 3. The van der Waals surface area contributed by atoms with E-state index in [9.17, 15) is 14.4 Å². The minimum Gasteiger partial charge on any atom is -0.342 e. The van der Waals surface area contributed by atoms with Crippen LogP contribution in [0.2, 0.25) is 0 Å². The van der Waals surface area contributed by atoms with Crippen molar-refractivity contribution in [1.82, 2.24) is 25.3 Å². The Morgan fingerprint density at radius 3 is 2.39 bits per heavy atom. The van der Waals surface area contributed by atoms with E-state index in [2.05, 4.69) is 46.7 Å². The number of urea groups is 1. The largest absolute Gasteiger partial charge is 0.342 e. The first-order chi connectivity index (χ1) is 17.4. The maximum absolute atomic E-state index is 13.5. The molecule has 2 fully saturated rings. The Morgan fingerprint density at radius 1 is 1.06 bits per heavy atom. The molecule has 2 heterocycles. The number of rotatable bonds is 12. The van der Waals surface area contributed by atoms with E-state index < -0.39 is 11.6 Å². The standard InChI is InChI=1S/C28H45N5O3/c1-4-19-33-25(34)24(14-10-11-18-29-27(36)32(5-2)6-3)30-26(35)28(33)16-21-31(22-17-28)20-15-23-12-8-7-9-13-23/h7-9,12-13,24H,4-6,10-11,14-22H2,1-3H3,(H,29,36)(H,30,35)/t24-/m0/s1. The number of carbonyl (C=O) groups excluding carboxylic acids is 3. The summed E-state index contributed by atoms with van der Waals surface area (Å²) in [5.74, 6) is 0.0689. The molecule has 2 saturated heterocycles. The molecule has 4 amide bonds. The molecule has 0 radical (unpaired) electrons. The lowest BCUT2D eigenvalue weighted by molar-refractivity contribution is -0.161. The van der Waals surface area contributed by atoms with Gasteiger partial charge in [0.1, 0.15) is 11.6 Å². The van der Waals surface area contributed by atoms with E-state index in [4.69, 9.17) is 0 Å². The summed E-state index contributed by atoms with van der Waals surface area (Å²) >= 11 is 0. The van der Waals surface area contributed by atoms with Crippen molar-refractivity contribution in [3.05, 3.63) is 35.9 Å². The Morgan fingerprint density at radius 2 is 1.75 bits per heavy atom. The van der Waals surface area contributed by atoms with Crippen LogP contribution in [0.1, 0.15) is 64.9 Å². The highest BCUT2D eigenvalue weighted by Crippen LogP contribution is 2.34. The quantitative estimate of drug-likeness (QED) is 0.433. The molecule has 0 bridgehead atoms. The summed E-state index contributed by atoms with van der Waals surface area (Å²) in [5.41, 5.74) is 0.608. The van der Waals surface area contributed by atoms with Gasteiger partial charge in [0.25, 0.3) is 0 Å². The van der Waals surface area contributed by atoms with Crippen LogP contribution < -0.4 is 10.6 Å². The number of hydrogen-bond donors (Lipinski definition) is 2. The van der Waals surface area contributed by atoms with E-state index in [-0.39, 0.29) is 17.8 Å². The highest BCUT2D eigenvalue weighted by atomic mass is 16.2. The highest BCUT2D eigenvalue weighted by molar-refractivity contribution is 6.00. The van der Waals surface area contributed by atoms with Crippen LogP contribution in [0, 0.1) is 0 Å². The van der Waals surface area contributed by atoms with Crippen molar-refractivity contribution in [1.29, 1.82) is 0 Å². The molecule has 3 rings (SSSR count). The number of likely N-dealkylation sites (tertiary alicyclic amines) is 1. The number of piperazine rings is 1. The number of benzene rings is 1. The van der Waals surface area contributed by atoms with Crippen molar-refractivity contribution in [3.8, 4) is 0 Å². The van der Waals surface area contributed by atoms with Crippen molar-refractivity contribution in [2.75, 3.05) is 45.8 Å². The molecule has 8 nitrogen and oxygen atoms in total. The van der Waals surface area contributed by atoms with Crippen molar-refractivity contribution in [3.63, 3.8) is 0 Å². The molecule has 1 aromatic rings. The topological polar surface area (TPSA) is 85.0 Å². The third kappa shape index (κ3) is 6.78. The first-order valence-electron chi connectivity index (χ1n) is 13.9. The van der Waals surface area contributed by atoms with Gasteiger partial charge in [-0.1, -0.05) is 37.3 Å². The van der Waals surface area contributed by atoms with Gasteiger partial charge in [-0.3, -0.25) is 9.59 Å². The van der Waals surface area contributed by atoms with Crippen LogP contribution in [0.25, 0.3) is 0 Å². The highest BCUT2D eigenvalue weighted by Gasteiger charge is 2.52. The molecule has 0 aromatic heterocycles. The summed E-state index contributed by atoms with van der Waals surface area (Å²) in [7, 11) is 0. The van der Waals surface area contributed by atoms with Gasteiger partial charge in [-0.05, 0) is 64.4 Å². The second kappa shape index (κ2) is 13.6. The minimum atomic E-state index is -0.718. The first kappa shape index (κ1) is 28.0. The van der Waals surface area contributed by atoms with Crippen LogP contribution in [0.15, 0.2) is 30.3 Å². The Balaban J connectivity index is 1.50. The Hall–Kier alpha value is -2.61. The van der Waals surface area contributed by atoms with Crippen LogP contribution in [0.3, 0.4) is 0 Å². The molecule has 2 aliphatic heterocycles. The molecular weight excluding hydrogens is 454 g/mol. The van der Waals surface area contributed by atoms with E-state index in [0.717, 1.165) is 45.3 Å². The zero-order valence-corrected chi connectivity index (χ0v) is 22.4. The molecule has 200 valence electrons. The fraction of sp³-hybridized carbons (Fsp3) is 0.679. The monoisotopic (exact) mass is 499 g/mol. The smallest absolute Gasteiger partial charge is 0.317 e. The van der Waals surface area contributed by atoms with Crippen molar-refractivity contribution in [2.45, 2.75) is 77.3 Å². The lowest BCUT2D eigenvalue weighted by Gasteiger charge is -2.51. The lowest BCUT2D eigenvalue weighted by Crippen LogP contribution is -2.72. The van der Waals surface area contributed by atoms with E-state index in [1.165, 1.54) is 5.56 Å². The second-order valence-corrected chi connectivity index (χ2v) is 10.0. The van der Waals surface area contributed by atoms with E-state index in [0.29, 0.717) is 45.4 Å². The van der Waals surface area contributed by atoms with Gasteiger partial charge in [0.15, 0.2) is 0 Å². The van der Waals surface area contributed by atoms with Gasteiger partial charge in [0, 0.05) is 45.8 Å². The molecule has 0 unspecified atom stereocenters. The van der Waals surface area contributed by atoms with Crippen molar-refractivity contribution in [2.24, 2.45) is 0 Å². The maximum atomic E-state index is 13.5. The molecule has 36 heavy (non-hydrogen) atoms. The van der Waals surface area contributed by atoms with Gasteiger partial charge >= 0.3 is 6.03 Å². The average Bonchev–Trinajstić information content (AvgIpc) is 2.90. The van der Waals surface area contributed by atoms with Crippen LogP contribution >= 0.6 is 0 Å². The lowest BCUT2D eigenvalue weighted by atomic mass is 9.81. The van der Waals surface area contributed by atoms with Crippen LogP contribution in [-0.4, -0.2) is 89.9 Å². The van der Waals surface area contributed by atoms with Gasteiger partial charge in [-0.25, -0.2) is 4.79 Å². The third-order valence-corrected chi connectivity index (χ3v) is 7.75. The fourth-order valence-electron chi connectivity index (χ4n) is 5.49. The first-order valence-corrected chi connectivity index (χ1v) is 13.9. The van der Waals surface area contributed by atoms with Crippen LogP contribution in [0.5, 0.6) is 0 Å². The van der Waals surface area contributed by atoms with Crippen LogP contribution in [-0.2, 0) is 16.0 Å². The van der Waals surface area contributed by atoms with E-state index in [1.54, 1.807) is 4.90 Å². The van der Waals surface area contributed by atoms with Gasteiger partial charge in [0.2, 0.25) is 11.8 Å². The predicted octanol–water partition coefficient (Wildman–Crippen LogP) is 3.02. The van der Waals surface area contributed by atoms with Gasteiger partial charge in [-0.2, -0.15) is 0 Å². The SMILES string of the molecule is CCCN1C(=O)[C@H](CCCCNC(=O)N(CC)CC)NC(=O)C12CCN(CCc1ccccc1)CC2. The summed E-state index contributed by atoms with van der Waals surface area (Å²) in [5, 5.41) is 6.02. The van der Waals surface area contributed by atoms with Crippen molar-refractivity contribution < 1.29 is 14.4 Å². The average molecular weight is 500 g/mol. The zero-order chi connectivity index (χ0) is 26.0. The normalized spacial score (nSPS) is 19.9. The third-order valence-electron chi connectivity index (χ3n) is 7.75. The predicted molar refractivity (Wildman–Crippen MR) is 143 cm³/mol. The Labute approximate surface area is 216 Å². The molecule has 0 saturated carbocycles. The summed E-state index contributed by atoms with van der Waals surface area (Å²) in [6.07, 6.45) is 5.35. The number of nitrogens with zero attached hydrogens (tertiary/aromatic N) is 3. The Bertz CT molecular complexity index is 850. The maximum Gasteiger partial charge on any atom is 0.317 e. The van der Waals surface area contributed by atoms with E-state index in [1.807, 2.05) is 24.8 Å².